The highest BCUT2D eigenvalue weighted by Gasteiger charge is 2.29. The lowest BCUT2D eigenvalue weighted by Crippen LogP contribution is -2.42. The molecule has 0 saturated heterocycles. The van der Waals surface area contributed by atoms with Gasteiger partial charge in [0.2, 0.25) is 0 Å². The third kappa shape index (κ3) is 3.69. The Morgan fingerprint density at radius 2 is 1.76 bits per heavy atom. The molecule has 0 amide bonds. The maximum atomic E-state index is 3.68. The minimum atomic E-state index is 0.797. The molecule has 0 radical (unpaired) electrons. The predicted molar refractivity (Wildman–Crippen MR) is 74.3 cm³/mol. The third-order valence-electron chi connectivity index (χ3n) is 4.85. The summed E-state index contributed by atoms with van der Waals surface area (Å²) >= 11 is 0. The molecule has 0 spiro atoms. The highest BCUT2D eigenvalue weighted by molar-refractivity contribution is 4.86. The first-order valence-corrected chi connectivity index (χ1v) is 7.75. The molecule has 2 fully saturated rings. The summed E-state index contributed by atoms with van der Waals surface area (Å²) in [5, 5.41) is 3.68. The van der Waals surface area contributed by atoms with Crippen LogP contribution in [0.25, 0.3) is 0 Å². The van der Waals surface area contributed by atoms with Crippen molar-refractivity contribution in [2.24, 2.45) is 5.92 Å². The molecule has 17 heavy (non-hydrogen) atoms. The second kappa shape index (κ2) is 6.75. The summed E-state index contributed by atoms with van der Waals surface area (Å²) in [7, 11) is 2.36. The summed E-state index contributed by atoms with van der Waals surface area (Å²) in [6, 6.07) is 1.68. The summed E-state index contributed by atoms with van der Waals surface area (Å²) in [6.07, 6.45) is 11.5. The minimum absolute atomic E-state index is 0.797. The lowest BCUT2D eigenvalue weighted by Gasteiger charge is -2.34. The quantitative estimate of drug-likeness (QED) is 0.792. The average molecular weight is 238 g/mol. The van der Waals surface area contributed by atoms with E-state index in [4.69, 9.17) is 0 Å². The molecule has 2 rings (SSSR count). The molecule has 2 heteroatoms. The van der Waals surface area contributed by atoms with Crippen molar-refractivity contribution < 1.29 is 0 Å². The first-order valence-electron chi connectivity index (χ1n) is 7.75. The summed E-state index contributed by atoms with van der Waals surface area (Å²) in [5.74, 6) is 0.905. The van der Waals surface area contributed by atoms with E-state index in [0.29, 0.717) is 0 Å². The highest BCUT2D eigenvalue weighted by atomic mass is 15.1. The van der Waals surface area contributed by atoms with Crippen LogP contribution in [-0.4, -0.2) is 37.1 Å². The number of rotatable bonds is 5. The van der Waals surface area contributed by atoms with Crippen LogP contribution in [0.1, 0.15) is 58.3 Å². The van der Waals surface area contributed by atoms with Gasteiger partial charge >= 0.3 is 0 Å². The van der Waals surface area contributed by atoms with E-state index >= 15 is 0 Å². The van der Waals surface area contributed by atoms with Gasteiger partial charge in [-0.2, -0.15) is 0 Å². The van der Waals surface area contributed by atoms with E-state index in [2.05, 4.69) is 24.2 Å². The van der Waals surface area contributed by atoms with Gasteiger partial charge in [-0.15, -0.1) is 0 Å². The highest BCUT2D eigenvalue weighted by Crippen LogP contribution is 2.29. The lowest BCUT2D eigenvalue weighted by molar-refractivity contribution is 0.158. The molecule has 0 aliphatic heterocycles. The fourth-order valence-electron chi connectivity index (χ4n) is 3.83. The van der Waals surface area contributed by atoms with Crippen LogP contribution in [0.3, 0.4) is 0 Å². The Morgan fingerprint density at radius 3 is 2.47 bits per heavy atom. The molecule has 100 valence electrons. The second-order valence-electron chi connectivity index (χ2n) is 6.09. The Bertz CT molecular complexity index is 211. The van der Waals surface area contributed by atoms with Crippen LogP contribution < -0.4 is 5.32 Å². The van der Waals surface area contributed by atoms with Crippen LogP contribution in [0, 0.1) is 5.92 Å². The fourth-order valence-corrected chi connectivity index (χ4v) is 3.83. The Balaban J connectivity index is 1.78. The van der Waals surface area contributed by atoms with Crippen LogP contribution in [0.2, 0.25) is 0 Å². The maximum absolute atomic E-state index is 3.68. The molecule has 0 aromatic carbocycles. The molecular weight excluding hydrogens is 208 g/mol. The average Bonchev–Trinajstić information content (AvgIpc) is 2.78. The van der Waals surface area contributed by atoms with Crippen molar-refractivity contribution >= 4 is 0 Å². The molecular formula is C15H30N2. The SMILES string of the molecule is CCNC1CCCC1CN(C)C1CCCCC1. The monoisotopic (exact) mass is 238 g/mol. The number of hydrogen-bond donors (Lipinski definition) is 1. The number of hydrogen-bond acceptors (Lipinski definition) is 2. The Kier molecular flexibility index (Phi) is 5.30. The van der Waals surface area contributed by atoms with E-state index < -0.39 is 0 Å². The van der Waals surface area contributed by atoms with Gasteiger partial charge in [0, 0.05) is 18.6 Å². The number of nitrogens with zero attached hydrogens (tertiary/aromatic N) is 1. The fraction of sp³-hybridized carbons (Fsp3) is 1.00. The van der Waals surface area contributed by atoms with Gasteiger partial charge in [-0.25, -0.2) is 0 Å². The molecule has 2 unspecified atom stereocenters. The van der Waals surface area contributed by atoms with Crippen molar-refractivity contribution in [3.05, 3.63) is 0 Å². The Labute approximate surface area is 107 Å². The first-order chi connectivity index (χ1) is 8.31. The van der Waals surface area contributed by atoms with Gasteiger partial charge in [0.1, 0.15) is 0 Å². The minimum Gasteiger partial charge on any atom is -0.314 e. The van der Waals surface area contributed by atoms with E-state index in [9.17, 15) is 0 Å². The summed E-state index contributed by atoms with van der Waals surface area (Å²) < 4.78 is 0. The third-order valence-corrected chi connectivity index (χ3v) is 4.85. The summed E-state index contributed by atoms with van der Waals surface area (Å²) in [6.45, 7) is 4.69. The second-order valence-corrected chi connectivity index (χ2v) is 6.09. The van der Waals surface area contributed by atoms with Crippen molar-refractivity contribution in [1.29, 1.82) is 0 Å². The van der Waals surface area contributed by atoms with Gasteiger partial charge in [-0.05, 0) is 45.2 Å². The zero-order valence-electron chi connectivity index (χ0n) is 11.8. The zero-order valence-corrected chi connectivity index (χ0v) is 11.8. The molecule has 0 aromatic heterocycles. The largest absolute Gasteiger partial charge is 0.314 e. The van der Waals surface area contributed by atoms with E-state index in [1.165, 1.54) is 57.9 Å². The van der Waals surface area contributed by atoms with Gasteiger partial charge in [0.15, 0.2) is 0 Å². The lowest BCUT2D eigenvalue weighted by atomic mass is 9.93. The van der Waals surface area contributed by atoms with Gasteiger partial charge in [0.25, 0.3) is 0 Å². The molecule has 2 aliphatic rings. The molecule has 2 aliphatic carbocycles. The Morgan fingerprint density at radius 1 is 1.00 bits per heavy atom. The van der Waals surface area contributed by atoms with Crippen LogP contribution in [-0.2, 0) is 0 Å². The van der Waals surface area contributed by atoms with E-state index in [-0.39, 0.29) is 0 Å². The van der Waals surface area contributed by atoms with Crippen LogP contribution in [0.4, 0.5) is 0 Å². The van der Waals surface area contributed by atoms with Gasteiger partial charge in [-0.3, -0.25) is 0 Å². The smallest absolute Gasteiger partial charge is 0.0107 e. The normalized spacial score (nSPS) is 31.2. The molecule has 2 nitrogen and oxygen atoms in total. The van der Waals surface area contributed by atoms with Gasteiger partial charge in [-0.1, -0.05) is 32.6 Å². The van der Waals surface area contributed by atoms with Gasteiger partial charge in [0.05, 0.1) is 0 Å². The number of nitrogens with one attached hydrogen (secondary N) is 1. The van der Waals surface area contributed by atoms with E-state index in [1.807, 2.05) is 0 Å². The first kappa shape index (κ1) is 13.4. The predicted octanol–water partition coefficient (Wildman–Crippen LogP) is 3.03. The van der Waals surface area contributed by atoms with Crippen LogP contribution in [0.15, 0.2) is 0 Å². The van der Waals surface area contributed by atoms with Crippen LogP contribution >= 0.6 is 0 Å². The topological polar surface area (TPSA) is 15.3 Å². The Hall–Kier alpha value is -0.0800. The zero-order chi connectivity index (χ0) is 12.1. The van der Waals surface area contributed by atoms with Crippen molar-refractivity contribution in [3.63, 3.8) is 0 Å². The van der Waals surface area contributed by atoms with Gasteiger partial charge < -0.3 is 10.2 Å². The van der Waals surface area contributed by atoms with E-state index in [0.717, 1.165) is 24.5 Å². The summed E-state index contributed by atoms with van der Waals surface area (Å²) in [4.78, 5) is 2.67. The summed E-state index contributed by atoms with van der Waals surface area (Å²) in [5.41, 5.74) is 0. The standard InChI is InChI=1S/C15H30N2/c1-3-16-15-11-7-8-13(15)12-17(2)14-9-5-4-6-10-14/h13-16H,3-12H2,1-2H3. The maximum Gasteiger partial charge on any atom is 0.0107 e. The molecule has 2 atom stereocenters. The van der Waals surface area contributed by atoms with Crippen molar-refractivity contribution in [2.45, 2.75) is 70.4 Å². The van der Waals surface area contributed by atoms with Crippen LogP contribution in [0.5, 0.6) is 0 Å². The van der Waals surface area contributed by atoms with Crippen molar-refractivity contribution in [3.8, 4) is 0 Å². The van der Waals surface area contributed by atoms with Crippen molar-refractivity contribution in [2.75, 3.05) is 20.1 Å². The molecule has 2 saturated carbocycles. The molecule has 1 N–H and O–H groups in total. The molecule has 0 bridgehead atoms. The van der Waals surface area contributed by atoms with E-state index in [1.54, 1.807) is 0 Å². The van der Waals surface area contributed by atoms with Crippen molar-refractivity contribution in [1.82, 2.24) is 10.2 Å². The molecule has 0 aromatic rings. The molecule has 0 heterocycles.